The Balaban J connectivity index is 1.60. The highest BCUT2D eigenvalue weighted by Crippen LogP contribution is 2.26. The third-order valence-corrected chi connectivity index (χ3v) is 4.75. The monoisotopic (exact) mass is 335 g/mol. The fourth-order valence-corrected chi connectivity index (χ4v) is 3.52. The number of amides is 1. The van der Waals surface area contributed by atoms with Crippen LogP contribution < -0.4 is 0 Å². The van der Waals surface area contributed by atoms with Crippen molar-refractivity contribution in [3.05, 3.63) is 72.8 Å². The largest absolute Gasteiger partial charge is 0.338 e. The third kappa shape index (κ3) is 3.20. The van der Waals surface area contributed by atoms with E-state index in [1.165, 1.54) is 0 Å². The first kappa shape index (κ1) is 15.6. The van der Waals surface area contributed by atoms with E-state index < -0.39 is 6.04 Å². The summed E-state index contributed by atoms with van der Waals surface area (Å²) in [4.78, 5) is 15.3. The number of rotatable bonds is 4. The normalized spacial score (nSPS) is 18.9. The number of carbonyl (C=O) groups is 1. The molecular formula is C19H21N5O. The minimum Gasteiger partial charge on any atom is -0.338 e. The molecule has 6 heteroatoms. The number of nitrogens with zero attached hydrogens (tertiary/aromatic N) is 5. The van der Waals surface area contributed by atoms with E-state index >= 15 is 0 Å². The molecule has 1 saturated heterocycles. The van der Waals surface area contributed by atoms with Gasteiger partial charge in [-0.15, -0.1) is 0 Å². The van der Waals surface area contributed by atoms with E-state index in [9.17, 15) is 4.79 Å². The number of piperidine rings is 1. The van der Waals surface area contributed by atoms with E-state index in [1.807, 2.05) is 64.4 Å². The molecule has 0 spiro atoms. The van der Waals surface area contributed by atoms with Crippen LogP contribution in [0.15, 0.2) is 67.3 Å². The maximum absolute atomic E-state index is 13.3. The fraction of sp³-hybridized carbons (Fsp3) is 0.316. The summed E-state index contributed by atoms with van der Waals surface area (Å²) < 4.78 is 3.71. The number of benzene rings is 1. The van der Waals surface area contributed by atoms with Crippen molar-refractivity contribution in [3.8, 4) is 0 Å². The number of likely N-dealkylation sites (tertiary alicyclic amines) is 1. The molecule has 25 heavy (non-hydrogen) atoms. The first-order valence-corrected chi connectivity index (χ1v) is 8.65. The first-order valence-electron chi connectivity index (χ1n) is 8.65. The van der Waals surface area contributed by atoms with Crippen LogP contribution in [0.3, 0.4) is 0 Å². The Kier molecular flexibility index (Phi) is 4.33. The molecule has 6 nitrogen and oxygen atoms in total. The Hall–Kier alpha value is -2.89. The lowest BCUT2D eigenvalue weighted by Gasteiger charge is -2.35. The van der Waals surface area contributed by atoms with Crippen molar-refractivity contribution in [2.24, 2.45) is 0 Å². The summed E-state index contributed by atoms with van der Waals surface area (Å²) in [5.74, 6) is 0.0896. The molecular weight excluding hydrogens is 314 g/mol. The van der Waals surface area contributed by atoms with E-state index in [2.05, 4.69) is 10.2 Å². The van der Waals surface area contributed by atoms with E-state index in [-0.39, 0.29) is 11.9 Å². The Labute approximate surface area is 146 Å². The smallest absolute Gasteiger partial charge is 0.252 e. The van der Waals surface area contributed by atoms with Crippen molar-refractivity contribution < 1.29 is 4.79 Å². The average molecular weight is 335 g/mol. The molecule has 1 aromatic carbocycles. The molecule has 0 saturated carbocycles. The Morgan fingerprint density at radius 2 is 1.84 bits per heavy atom. The number of hydrogen-bond acceptors (Lipinski definition) is 3. The number of hydrogen-bond donors (Lipinski definition) is 0. The Morgan fingerprint density at radius 3 is 2.56 bits per heavy atom. The molecule has 3 aromatic rings. The highest BCUT2D eigenvalue weighted by Gasteiger charge is 2.31. The zero-order valence-electron chi connectivity index (χ0n) is 14.0. The molecule has 0 aliphatic carbocycles. The van der Waals surface area contributed by atoms with Gasteiger partial charge in [-0.2, -0.15) is 10.2 Å². The summed E-state index contributed by atoms with van der Waals surface area (Å²) in [5.41, 5.74) is 0.956. The van der Waals surface area contributed by atoms with Crippen molar-refractivity contribution in [2.45, 2.75) is 24.9 Å². The van der Waals surface area contributed by atoms with Gasteiger partial charge < -0.3 is 4.90 Å². The molecule has 1 aliphatic rings. The Bertz CT molecular complexity index is 798. The topological polar surface area (TPSA) is 56.0 Å². The van der Waals surface area contributed by atoms with E-state index in [4.69, 9.17) is 0 Å². The SMILES string of the molecule is O=C([C@H](c1ccccc1)n1cccn1)N1CCC[C@@H](n2cccn2)C1. The van der Waals surface area contributed by atoms with Crippen molar-refractivity contribution in [3.63, 3.8) is 0 Å². The Morgan fingerprint density at radius 1 is 1.04 bits per heavy atom. The molecule has 3 heterocycles. The van der Waals surface area contributed by atoms with Crippen molar-refractivity contribution >= 4 is 5.91 Å². The second kappa shape index (κ2) is 6.93. The molecule has 0 unspecified atom stereocenters. The van der Waals surface area contributed by atoms with Crippen LogP contribution in [-0.4, -0.2) is 43.5 Å². The van der Waals surface area contributed by atoms with Crippen LogP contribution in [0.25, 0.3) is 0 Å². The lowest BCUT2D eigenvalue weighted by Crippen LogP contribution is -2.44. The van der Waals surface area contributed by atoms with Gasteiger partial charge in [-0.25, -0.2) is 0 Å². The van der Waals surface area contributed by atoms with Crippen LogP contribution in [0.1, 0.15) is 30.5 Å². The average Bonchev–Trinajstić information content (AvgIpc) is 3.37. The van der Waals surface area contributed by atoms with Gasteiger partial charge in [-0.3, -0.25) is 14.2 Å². The molecule has 0 N–H and O–H groups in total. The zero-order valence-corrected chi connectivity index (χ0v) is 14.0. The minimum absolute atomic E-state index is 0.0896. The maximum atomic E-state index is 13.3. The fourth-order valence-electron chi connectivity index (χ4n) is 3.52. The van der Waals surface area contributed by atoms with Crippen molar-refractivity contribution in [1.82, 2.24) is 24.5 Å². The zero-order chi connectivity index (χ0) is 17.1. The van der Waals surface area contributed by atoms with Crippen LogP contribution in [0.4, 0.5) is 0 Å². The van der Waals surface area contributed by atoms with E-state index in [0.717, 1.165) is 24.9 Å². The van der Waals surface area contributed by atoms with Gasteiger partial charge >= 0.3 is 0 Å². The molecule has 4 rings (SSSR count). The van der Waals surface area contributed by atoms with Crippen molar-refractivity contribution in [1.29, 1.82) is 0 Å². The molecule has 1 fully saturated rings. The van der Waals surface area contributed by atoms with Gasteiger partial charge in [-0.05, 0) is 30.5 Å². The second-order valence-corrected chi connectivity index (χ2v) is 6.37. The molecule has 2 aromatic heterocycles. The summed E-state index contributed by atoms with van der Waals surface area (Å²) in [6.07, 6.45) is 9.36. The molecule has 1 aliphatic heterocycles. The molecule has 1 amide bonds. The van der Waals surface area contributed by atoms with E-state index in [1.54, 1.807) is 17.1 Å². The highest BCUT2D eigenvalue weighted by atomic mass is 16.2. The van der Waals surface area contributed by atoms with Crippen LogP contribution in [0.2, 0.25) is 0 Å². The van der Waals surface area contributed by atoms with Gasteiger partial charge in [0.25, 0.3) is 5.91 Å². The minimum atomic E-state index is -0.424. The summed E-state index contributed by atoms with van der Waals surface area (Å²) in [6, 6.07) is 13.4. The summed E-state index contributed by atoms with van der Waals surface area (Å²) in [6.45, 7) is 1.46. The summed E-state index contributed by atoms with van der Waals surface area (Å²) in [5, 5.41) is 8.68. The number of carbonyl (C=O) groups excluding carboxylic acids is 1. The predicted molar refractivity (Wildman–Crippen MR) is 93.9 cm³/mol. The van der Waals surface area contributed by atoms with Gasteiger partial charge in [0.05, 0.1) is 6.04 Å². The van der Waals surface area contributed by atoms with Gasteiger partial charge in [0.15, 0.2) is 6.04 Å². The predicted octanol–water partition coefficient (Wildman–Crippen LogP) is 2.53. The van der Waals surface area contributed by atoms with Gasteiger partial charge in [0, 0.05) is 37.9 Å². The third-order valence-electron chi connectivity index (χ3n) is 4.75. The van der Waals surface area contributed by atoms with E-state index in [0.29, 0.717) is 6.54 Å². The molecule has 0 bridgehead atoms. The molecule has 128 valence electrons. The highest BCUT2D eigenvalue weighted by molar-refractivity contribution is 5.83. The first-order chi connectivity index (χ1) is 12.3. The molecule has 0 radical (unpaired) electrons. The van der Waals surface area contributed by atoms with Crippen LogP contribution in [-0.2, 0) is 4.79 Å². The van der Waals surface area contributed by atoms with Crippen LogP contribution in [0.5, 0.6) is 0 Å². The second-order valence-electron chi connectivity index (χ2n) is 6.37. The standard InChI is InChI=1S/C19H21N5O/c25-19(22-12-4-9-17(15-22)23-13-5-10-20-23)18(24-14-6-11-21-24)16-7-2-1-3-8-16/h1-3,5-8,10-11,13-14,17-18H,4,9,12,15H2/t17-,18+/m1/s1. The van der Waals surface area contributed by atoms with Crippen molar-refractivity contribution in [2.75, 3.05) is 13.1 Å². The lowest BCUT2D eigenvalue weighted by molar-refractivity contribution is -0.135. The van der Waals surface area contributed by atoms with Gasteiger partial charge in [0.2, 0.25) is 0 Å². The lowest BCUT2D eigenvalue weighted by atomic mass is 10.0. The quantitative estimate of drug-likeness (QED) is 0.736. The van der Waals surface area contributed by atoms with Crippen LogP contribution in [0, 0.1) is 0 Å². The van der Waals surface area contributed by atoms with Crippen LogP contribution >= 0.6 is 0 Å². The molecule has 2 atom stereocenters. The van der Waals surface area contributed by atoms with Gasteiger partial charge in [0.1, 0.15) is 0 Å². The summed E-state index contributed by atoms with van der Waals surface area (Å²) in [7, 11) is 0. The van der Waals surface area contributed by atoms with Gasteiger partial charge in [-0.1, -0.05) is 30.3 Å². The number of aromatic nitrogens is 4. The maximum Gasteiger partial charge on any atom is 0.252 e. The summed E-state index contributed by atoms with van der Waals surface area (Å²) >= 11 is 0.